The second kappa shape index (κ2) is 7.69. The van der Waals surface area contributed by atoms with Crippen LogP contribution >= 0.6 is 0 Å². The Hall–Kier alpha value is -3.35. The van der Waals surface area contributed by atoms with Gasteiger partial charge in [0.1, 0.15) is 18.1 Å². The Labute approximate surface area is 149 Å². The van der Waals surface area contributed by atoms with Crippen molar-refractivity contribution < 1.29 is 27.9 Å². The summed E-state index contributed by atoms with van der Waals surface area (Å²) in [6.45, 7) is -0.106. The van der Waals surface area contributed by atoms with Crippen molar-refractivity contribution in [3.63, 3.8) is 0 Å². The average Bonchev–Trinajstić information content (AvgIpc) is 3.14. The number of carbonyl (C=O) groups is 1. The summed E-state index contributed by atoms with van der Waals surface area (Å²) in [5, 5.41) is 3.80. The highest BCUT2D eigenvalue weighted by Gasteiger charge is 2.15. The van der Waals surface area contributed by atoms with Crippen LogP contribution in [0.2, 0.25) is 0 Å². The van der Waals surface area contributed by atoms with Crippen molar-refractivity contribution in [2.75, 3.05) is 14.2 Å². The standard InChI is InChI=1S/C19H16FNO5/c1-23-16-8-7-12(9-18(16)24-2)19(22)25-11-13-10-17(26-21-13)14-5-3-4-6-15(14)20/h3-10H,11H2,1-2H3. The summed E-state index contributed by atoms with van der Waals surface area (Å²) in [6.07, 6.45) is 0. The van der Waals surface area contributed by atoms with Crippen molar-refractivity contribution in [1.29, 1.82) is 0 Å². The molecule has 0 aliphatic rings. The SMILES string of the molecule is COc1ccc(C(=O)OCc2cc(-c3ccccc3F)on2)cc1OC. The van der Waals surface area contributed by atoms with Crippen LogP contribution in [0, 0.1) is 5.82 Å². The molecule has 3 aromatic rings. The Morgan fingerprint density at radius 1 is 1.08 bits per heavy atom. The third kappa shape index (κ3) is 3.66. The van der Waals surface area contributed by atoms with Gasteiger partial charge >= 0.3 is 5.97 Å². The van der Waals surface area contributed by atoms with Crippen LogP contribution in [-0.4, -0.2) is 25.3 Å². The molecule has 2 aromatic carbocycles. The highest BCUT2D eigenvalue weighted by atomic mass is 19.1. The lowest BCUT2D eigenvalue weighted by Crippen LogP contribution is -2.06. The summed E-state index contributed by atoms with van der Waals surface area (Å²) >= 11 is 0. The molecule has 0 saturated heterocycles. The van der Waals surface area contributed by atoms with Crippen LogP contribution in [0.4, 0.5) is 4.39 Å². The number of benzene rings is 2. The van der Waals surface area contributed by atoms with E-state index < -0.39 is 11.8 Å². The summed E-state index contributed by atoms with van der Waals surface area (Å²) in [5.41, 5.74) is 0.968. The minimum absolute atomic E-state index is 0.106. The van der Waals surface area contributed by atoms with Gasteiger partial charge in [0.25, 0.3) is 0 Å². The minimum atomic E-state index is -0.554. The fraction of sp³-hybridized carbons (Fsp3) is 0.158. The summed E-state index contributed by atoms with van der Waals surface area (Å²) in [6, 6.07) is 12.4. The molecule has 6 nitrogen and oxygen atoms in total. The quantitative estimate of drug-likeness (QED) is 0.624. The topological polar surface area (TPSA) is 70.8 Å². The number of rotatable bonds is 6. The first-order valence-electron chi connectivity index (χ1n) is 7.72. The van der Waals surface area contributed by atoms with Gasteiger partial charge in [-0.1, -0.05) is 17.3 Å². The molecular formula is C19H16FNO5. The number of esters is 1. The monoisotopic (exact) mass is 357 g/mol. The average molecular weight is 357 g/mol. The summed E-state index contributed by atoms with van der Waals surface area (Å²) in [4.78, 5) is 12.2. The fourth-order valence-electron chi connectivity index (χ4n) is 2.35. The van der Waals surface area contributed by atoms with Crippen LogP contribution in [0.3, 0.4) is 0 Å². The van der Waals surface area contributed by atoms with Crippen LogP contribution in [0.15, 0.2) is 53.1 Å². The van der Waals surface area contributed by atoms with Gasteiger partial charge in [0.05, 0.1) is 25.3 Å². The lowest BCUT2D eigenvalue weighted by molar-refractivity contribution is 0.0464. The molecule has 3 rings (SSSR count). The van der Waals surface area contributed by atoms with Crippen LogP contribution < -0.4 is 9.47 Å². The first-order chi connectivity index (χ1) is 12.6. The molecule has 0 N–H and O–H groups in total. The molecular weight excluding hydrogens is 341 g/mol. The Balaban J connectivity index is 1.68. The Morgan fingerprint density at radius 2 is 1.85 bits per heavy atom. The smallest absolute Gasteiger partial charge is 0.338 e. The number of ether oxygens (including phenoxy) is 3. The maximum atomic E-state index is 13.8. The first kappa shape index (κ1) is 17.5. The molecule has 0 fully saturated rings. The Bertz CT molecular complexity index is 922. The van der Waals surface area contributed by atoms with Crippen molar-refractivity contribution >= 4 is 5.97 Å². The molecule has 26 heavy (non-hydrogen) atoms. The van der Waals surface area contributed by atoms with Gasteiger partial charge in [0.15, 0.2) is 17.3 Å². The van der Waals surface area contributed by atoms with Gasteiger partial charge in [-0.2, -0.15) is 0 Å². The van der Waals surface area contributed by atoms with Crippen molar-refractivity contribution in [3.8, 4) is 22.8 Å². The normalized spacial score (nSPS) is 10.4. The van der Waals surface area contributed by atoms with E-state index in [9.17, 15) is 9.18 Å². The fourth-order valence-corrected chi connectivity index (χ4v) is 2.35. The molecule has 0 bridgehead atoms. The maximum Gasteiger partial charge on any atom is 0.338 e. The van der Waals surface area contributed by atoms with E-state index in [0.29, 0.717) is 22.8 Å². The molecule has 0 atom stereocenters. The van der Waals surface area contributed by atoms with E-state index in [-0.39, 0.29) is 17.9 Å². The third-order valence-corrected chi connectivity index (χ3v) is 3.67. The lowest BCUT2D eigenvalue weighted by Gasteiger charge is -2.09. The molecule has 0 spiro atoms. The molecule has 0 amide bonds. The zero-order valence-electron chi connectivity index (χ0n) is 14.2. The van der Waals surface area contributed by atoms with Gasteiger partial charge in [-0.25, -0.2) is 9.18 Å². The number of hydrogen-bond acceptors (Lipinski definition) is 6. The highest BCUT2D eigenvalue weighted by molar-refractivity contribution is 5.90. The van der Waals surface area contributed by atoms with E-state index >= 15 is 0 Å². The van der Waals surface area contributed by atoms with Gasteiger partial charge in [0, 0.05) is 6.07 Å². The predicted octanol–water partition coefficient (Wildman–Crippen LogP) is 3.85. The number of carbonyl (C=O) groups excluding carboxylic acids is 1. The van der Waals surface area contributed by atoms with E-state index in [0.717, 1.165) is 0 Å². The van der Waals surface area contributed by atoms with Gasteiger partial charge in [-0.05, 0) is 30.3 Å². The number of halogens is 1. The van der Waals surface area contributed by atoms with Gasteiger partial charge in [-0.3, -0.25) is 0 Å². The van der Waals surface area contributed by atoms with Gasteiger partial charge in [0.2, 0.25) is 0 Å². The van der Waals surface area contributed by atoms with Gasteiger partial charge in [-0.15, -0.1) is 0 Å². The second-order valence-corrected chi connectivity index (χ2v) is 5.31. The van der Waals surface area contributed by atoms with Crippen LogP contribution in [0.25, 0.3) is 11.3 Å². The molecule has 0 unspecified atom stereocenters. The number of nitrogens with zero attached hydrogens (tertiary/aromatic N) is 1. The summed E-state index contributed by atoms with van der Waals surface area (Å²) in [5.74, 6) is 0.222. The highest BCUT2D eigenvalue weighted by Crippen LogP contribution is 2.28. The zero-order chi connectivity index (χ0) is 18.5. The minimum Gasteiger partial charge on any atom is -0.493 e. The molecule has 0 aliphatic heterocycles. The molecule has 0 aliphatic carbocycles. The number of hydrogen-bond donors (Lipinski definition) is 0. The molecule has 0 saturated carbocycles. The van der Waals surface area contributed by atoms with Crippen LogP contribution in [-0.2, 0) is 11.3 Å². The van der Waals surface area contributed by atoms with Crippen molar-refractivity contribution in [1.82, 2.24) is 5.16 Å². The number of aromatic nitrogens is 1. The van der Waals surface area contributed by atoms with E-state index in [2.05, 4.69) is 5.16 Å². The van der Waals surface area contributed by atoms with Gasteiger partial charge < -0.3 is 18.7 Å². The molecule has 1 aromatic heterocycles. The Morgan fingerprint density at radius 3 is 2.58 bits per heavy atom. The van der Waals surface area contributed by atoms with E-state index in [1.54, 1.807) is 30.3 Å². The lowest BCUT2D eigenvalue weighted by atomic mass is 10.1. The zero-order valence-corrected chi connectivity index (χ0v) is 14.2. The van der Waals surface area contributed by atoms with Crippen LogP contribution in [0.1, 0.15) is 16.1 Å². The largest absolute Gasteiger partial charge is 0.493 e. The Kier molecular flexibility index (Phi) is 5.17. The van der Waals surface area contributed by atoms with Crippen LogP contribution in [0.5, 0.6) is 11.5 Å². The van der Waals surface area contributed by atoms with E-state index in [1.807, 2.05) is 0 Å². The maximum absolute atomic E-state index is 13.8. The number of methoxy groups -OCH3 is 2. The van der Waals surface area contributed by atoms with E-state index in [4.69, 9.17) is 18.7 Å². The molecule has 1 heterocycles. The summed E-state index contributed by atoms with van der Waals surface area (Å²) in [7, 11) is 2.99. The second-order valence-electron chi connectivity index (χ2n) is 5.31. The molecule has 134 valence electrons. The van der Waals surface area contributed by atoms with Crippen molar-refractivity contribution in [3.05, 3.63) is 65.6 Å². The van der Waals surface area contributed by atoms with Crippen molar-refractivity contribution in [2.45, 2.75) is 6.61 Å². The predicted molar refractivity (Wildman–Crippen MR) is 90.6 cm³/mol. The van der Waals surface area contributed by atoms with E-state index in [1.165, 1.54) is 32.4 Å². The molecule has 7 heteroatoms. The third-order valence-electron chi connectivity index (χ3n) is 3.67. The van der Waals surface area contributed by atoms with Crippen molar-refractivity contribution in [2.24, 2.45) is 0 Å². The molecule has 0 radical (unpaired) electrons. The summed E-state index contributed by atoms with van der Waals surface area (Å²) < 4.78 is 34.4. The first-order valence-corrected chi connectivity index (χ1v) is 7.72.